The molecule has 0 fully saturated rings. The molecular formula is C19H18BrN3O6S. The van der Waals surface area contributed by atoms with E-state index in [1.54, 1.807) is 54.6 Å². The lowest BCUT2D eigenvalue weighted by molar-refractivity contribution is -0.147. The Morgan fingerprint density at radius 3 is 2.30 bits per heavy atom. The van der Waals surface area contributed by atoms with Crippen molar-refractivity contribution in [3.8, 4) is 0 Å². The van der Waals surface area contributed by atoms with Gasteiger partial charge in [0.15, 0.2) is 6.61 Å². The van der Waals surface area contributed by atoms with Crippen molar-refractivity contribution >= 4 is 49.8 Å². The van der Waals surface area contributed by atoms with Crippen molar-refractivity contribution in [2.75, 3.05) is 13.2 Å². The maximum atomic E-state index is 11.8. The quantitative estimate of drug-likeness (QED) is 0.374. The summed E-state index contributed by atoms with van der Waals surface area (Å²) in [6, 6.07) is 15.1. The zero-order chi connectivity index (χ0) is 22.0. The van der Waals surface area contributed by atoms with E-state index in [1.807, 2.05) is 4.72 Å². The number of carbonyl (C=O) groups excluding carboxylic acids is 3. The summed E-state index contributed by atoms with van der Waals surface area (Å²) < 4.78 is 31.2. The van der Waals surface area contributed by atoms with Gasteiger partial charge in [-0.15, -0.1) is 0 Å². The van der Waals surface area contributed by atoms with Crippen molar-refractivity contribution in [3.05, 3.63) is 75.6 Å². The summed E-state index contributed by atoms with van der Waals surface area (Å²) in [7, 11) is -3.86. The molecule has 30 heavy (non-hydrogen) atoms. The van der Waals surface area contributed by atoms with E-state index in [4.69, 9.17) is 0 Å². The molecule has 0 bridgehead atoms. The molecule has 0 aromatic heterocycles. The van der Waals surface area contributed by atoms with Crippen molar-refractivity contribution in [3.63, 3.8) is 0 Å². The highest BCUT2D eigenvalue weighted by Crippen LogP contribution is 2.10. The Balaban J connectivity index is 1.69. The zero-order valence-electron chi connectivity index (χ0n) is 15.5. The molecule has 0 radical (unpaired) electrons. The van der Waals surface area contributed by atoms with Gasteiger partial charge in [0.1, 0.15) is 6.54 Å². The average molecular weight is 496 g/mol. The van der Waals surface area contributed by atoms with Gasteiger partial charge < -0.3 is 4.74 Å². The normalized spacial score (nSPS) is 11.1. The highest BCUT2D eigenvalue weighted by Gasteiger charge is 2.12. The van der Waals surface area contributed by atoms with E-state index in [0.29, 0.717) is 11.1 Å². The third-order valence-corrected chi connectivity index (χ3v) is 5.01. The number of hydrazine groups is 1. The molecular weight excluding hydrogens is 478 g/mol. The number of rotatable bonds is 8. The van der Waals surface area contributed by atoms with Crippen LogP contribution in [0.25, 0.3) is 6.08 Å². The van der Waals surface area contributed by atoms with Crippen LogP contribution in [0, 0.1) is 0 Å². The van der Waals surface area contributed by atoms with Gasteiger partial charge in [-0.1, -0.05) is 46.3 Å². The molecule has 11 heteroatoms. The van der Waals surface area contributed by atoms with Crippen LogP contribution in [-0.4, -0.2) is 39.4 Å². The van der Waals surface area contributed by atoms with Crippen LogP contribution in [0.5, 0.6) is 0 Å². The summed E-state index contributed by atoms with van der Waals surface area (Å²) in [6.45, 7) is -1.35. The average Bonchev–Trinajstić information content (AvgIpc) is 2.74. The first-order valence-corrected chi connectivity index (χ1v) is 10.8. The molecule has 0 aliphatic carbocycles. The summed E-state index contributed by atoms with van der Waals surface area (Å²) in [5.41, 5.74) is 5.24. The minimum absolute atomic E-state index is 0.313. The van der Waals surface area contributed by atoms with Gasteiger partial charge in [0.2, 0.25) is 10.0 Å². The fourth-order valence-electron chi connectivity index (χ4n) is 1.97. The molecule has 158 valence electrons. The molecule has 2 aromatic rings. The van der Waals surface area contributed by atoms with Gasteiger partial charge in [-0.2, -0.15) is 0 Å². The van der Waals surface area contributed by atoms with Crippen LogP contribution in [-0.2, 0) is 24.3 Å². The van der Waals surface area contributed by atoms with Crippen LogP contribution < -0.4 is 15.6 Å². The number of hydrogen-bond donors (Lipinski definition) is 3. The van der Waals surface area contributed by atoms with E-state index >= 15 is 0 Å². The van der Waals surface area contributed by atoms with E-state index in [-0.39, 0.29) is 0 Å². The maximum Gasteiger partial charge on any atom is 0.321 e. The maximum absolute atomic E-state index is 11.8. The molecule has 3 N–H and O–H groups in total. The molecule has 0 atom stereocenters. The Kier molecular flexibility index (Phi) is 8.71. The second kappa shape index (κ2) is 11.2. The predicted molar refractivity (Wildman–Crippen MR) is 113 cm³/mol. The van der Waals surface area contributed by atoms with Crippen LogP contribution in [0.15, 0.2) is 64.5 Å². The molecule has 0 heterocycles. The van der Waals surface area contributed by atoms with Crippen molar-refractivity contribution in [1.29, 1.82) is 0 Å². The molecule has 2 aromatic carbocycles. The van der Waals surface area contributed by atoms with E-state index in [2.05, 4.69) is 31.5 Å². The van der Waals surface area contributed by atoms with Crippen molar-refractivity contribution in [2.45, 2.75) is 0 Å². The number of hydrogen-bond acceptors (Lipinski definition) is 6. The number of ether oxygens (including phenoxy) is 1. The zero-order valence-corrected chi connectivity index (χ0v) is 17.9. The van der Waals surface area contributed by atoms with Gasteiger partial charge in [0, 0.05) is 15.4 Å². The second-order valence-electron chi connectivity index (χ2n) is 5.75. The van der Waals surface area contributed by atoms with E-state index < -0.39 is 41.0 Å². The summed E-state index contributed by atoms with van der Waals surface area (Å²) in [6.07, 6.45) is 1.37. The van der Waals surface area contributed by atoms with Crippen molar-refractivity contribution in [2.24, 2.45) is 0 Å². The smallest absolute Gasteiger partial charge is 0.321 e. The first-order chi connectivity index (χ1) is 14.2. The van der Waals surface area contributed by atoms with Gasteiger partial charge in [-0.05, 0) is 35.9 Å². The molecule has 0 saturated carbocycles. The van der Waals surface area contributed by atoms with E-state index in [9.17, 15) is 22.8 Å². The van der Waals surface area contributed by atoms with Gasteiger partial charge in [0.05, 0.1) is 0 Å². The Morgan fingerprint density at radius 1 is 0.967 bits per heavy atom. The molecule has 9 nitrogen and oxygen atoms in total. The molecule has 2 amide bonds. The van der Waals surface area contributed by atoms with Crippen LogP contribution >= 0.6 is 15.9 Å². The summed E-state index contributed by atoms with van der Waals surface area (Å²) in [5, 5.41) is 0.917. The monoisotopic (exact) mass is 495 g/mol. The molecule has 0 spiro atoms. The van der Waals surface area contributed by atoms with Gasteiger partial charge >= 0.3 is 5.97 Å². The topological polar surface area (TPSA) is 131 Å². The first kappa shape index (κ1) is 23.3. The van der Waals surface area contributed by atoms with Crippen LogP contribution in [0.3, 0.4) is 0 Å². The fourth-order valence-corrected chi connectivity index (χ4v) is 2.99. The van der Waals surface area contributed by atoms with Crippen molar-refractivity contribution < 1.29 is 27.5 Å². The second-order valence-corrected chi connectivity index (χ2v) is 8.32. The third-order valence-electron chi connectivity index (χ3n) is 3.44. The number of sulfonamides is 1. The minimum Gasteiger partial charge on any atom is -0.455 e. The molecule has 2 rings (SSSR count). The number of carbonyl (C=O) groups is 3. The standard InChI is InChI=1S/C19H18BrN3O6S/c20-16-8-6-15(7-9-16)19(26)23-22-17(24)13-29-18(25)12-21-30(27,28)11-10-14-4-2-1-3-5-14/h1-11,21H,12-13H2,(H,22,24)(H,23,26)/b11-10+. The van der Waals surface area contributed by atoms with E-state index in [1.165, 1.54) is 6.08 Å². The first-order valence-electron chi connectivity index (χ1n) is 8.48. The molecule has 0 aliphatic rings. The number of halogens is 1. The molecule has 0 unspecified atom stereocenters. The Hall–Kier alpha value is -3.02. The van der Waals surface area contributed by atoms with Crippen LogP contribution in [0.4, 0.5) is 0 Å². The minimum atomic E-state index is -3.86. The number of esters is 1. The molecule has 0 aliphatic heterocycles. The van der Waals surface area contributed by atoms with Crippen LogP contribution in [0.1, 0.15) is 15.9 Å². The lowest BCUT2D eigenvalue weighted by atomic mass is 10.2. The van der Waals surface area contributed by atoms with Crippen LogP contribution in [0.2, 0.25) is 0 Å². The summed E-state index contributed by atoms with van der Waals surface area (Å²) in [5.74, 6) is -2.30. The highest BCUT2D eigenvalue weighted by atomic mass is 79.9. The predicted octanol–water partition coefficient (Wildman–Crippen LogP) is 1.34. The highest BCUT2D eigenvalue weighted by molar-refractivity contribution is 9.10. The SMILES string of the molecule is O=C(COC(=O)CNS(=O)(=O)/C=C/c1ccccc1)NNC(=O)c1ccc(Br)cc1. The number of amides is 2. The third kappa shape index (κ3) is 8.55. The van der Waals surface area contributed by atoms with Gasteiger partial charge in [0.25, 0.3) is 11.8 Å². The van der Waals surface area contributed by atoms with Gasteiger partial charge in [-0.3, -0.25) is 25.2 Å². The molecule has 0 saturated heterocycles. The largest absolute Gasteiger partial charge is 0.455 e. The van der Waals surface area contributed by atoms with Gasteiger partial charge in [-0.25, -0.2) is 13.1 Å². The fraction of sp³-hybridized carbons (Fsp3) is 0.105. The Labute approximate surface area is 181 Å². The van der Waals surface area contributed by atoms with Crippen molar-refractivity contribution in [1.82, 2.24) is 15.6 Å². The lowest BCUT2D eigenvalue weighted by Crippen LogP contribution is -2.44. The lowest BCUT2D eigenvalue weighted by Gasteiger charge is -2.08. The summed E-state index contributed by atoms with van der Waals surface area (Å²) in [4.78, 5) is 35.1. The summed E-state index contributed by atoms with van der Waals surface area (Å²) >= 11 is 3.24. The number of benzene rings is 2. The Bertz CT molecular complexity index is 1020. The number of nitrogens with one attached hydrogen (secondary N) is 3. The Morgan fingerprint density at radius 2 is 1.63 bits per heavy atom. The van der Waals surface area contributed by atoms with E-state index in [0.717, 1.165) is 9.88 Å².